The highest BCUT2D eigenvalue weighted by Gasteiger charge is 2.15. The zero-order valence-corrected chi connectivity index (χ0v) is 12.3. The predicted octanol–water partition coefficient (Wildman–Crippen LogP) is 1.27. The Morgan fingerprint density at radius 2 is 2.18 bits per heavy atom. The average molecular weight is 300 g/mol. The third kappa shape index (κ3) is 2.65. The number of aryl methyl sites for hydroxylation is 1. The van der Waals surface area contributed by atoms with Crippen LogP contribution in [0.2, 0.25) is 0 Å². The number of amides is 1. The summed E-state index contributed by atoms with van der Waals surface area (Å²) < 4.78 is 8.00. The van der Waals surface area contributed by atoms with Crippen LogP contribution in [0.3, 0.4) is 0 Å². The van der Waals surface area contributed by atoms with Crippen molar-refractivity contribution in [2.45, 2.75) is 26.4 Å². The second-order valence-electron chi connectivity index (χ2n) is 5.11. The molecule has 22 heavy (non-hydrogen) atoms. The maximum Gasteiger partial charge on any atom is 0.350 e. The van der Waals surface area contributed by atoms with E-state index in [1.165, 1.54) is 4.40 Å². The van der Waals surface area contributed by atoms with Crippen molar-refractivity contribution in [2.75, 3.05) is 0 Å². The number of hydrogen-bond acceptors (Lipinski definition) is 4. The van der Waals surface area contributed by atoms with Crippen LogP contribution in [0.15, 0.2) is 45.7 Å². The topological polar surface area (TPSA) is 81.5 Å². The summed E-state index contributed by atoms with van der Waals surface area (Å²) in [7, 11) is 0. The van der Waals surface area contributed by atoms with E-state index in [1.54, 1.807) is 24.4 Å². The average Bonchev–Trinajstić information content (AvgIpc) is 3.04. The lowest BCUT2D eigenvalue weighted by atomic mass is 10.2. The monoisotopic (exact) mass is 300 g/mol. The van der Waals surface area contributed by atoms with Crippen molar-refractivity contribution < 1.29 is 9.21 Å². The van der Waals surface area contributed by atoms with E-state index in [0.717, 1.165) is 10.4 Å². The van der Waals surface area contributed by atoms with Crippen molar-refractivity contribution in [3.8, 4) is 0 Å². The molecule has 0 aromatic carbocycles. The second-order valence-corrected chi connectivity index (χ2v) is 5.11. The van der Waals surface area contributed by atoms with E-state index in [2.05, 4.69) is 10.4 Å². The summed E-state index contributed by atoms with van der Waals surface area (Å²) in [6.07, 6.45) is 1.62. The van der Waals surface area contributed by atoms with Gasteiger partial charge in [-0.3, -0.25) is 9.20 Å². The molecule has 1 amide bonds. The maximum atomic E-state index is 12.1. The summed E-state index contributed by atoms with van der Waals surface area (Å²) in [6.45, 7) is 3.53. The molecule has 0 unspecified atom stereocenters. The lowest BCUT2D eigenvalue weighted by Crippen LogP contribution is -2.34. The third-order valence-electron chi connectivity index (χ3n) is 3.35. The van der Waals surface area contributed by atoms with Crippen LogP contribution < -0.4 is 11.0 Å². The van der Waals surface area contributed by atoms with E-state index >= 15 is 0 Å². The first kappa shape index (κ1) is 14.1. The van der Waals surface area contributed by atoms with Crippen LogP contribution in [-0.2, 0) is 11.3 Å². The fourth-order valence-electron chi connectivity index (χ4n) is 2.25. The number of pyridine rings is 1. The zero-order chi connectivity index (χ0) is 15.7. The van der Waals surface area contributed by atoms with E-state index in [1.807, 2.05) is 26.0 Å². The molecule has 0 saturated carbocycles. The van der Waals surface area contributed by atoms with Crippen molar-refractivity contribution in [1.82, 2.24) is 19.5 Å². The second kappa shape index (κ2) is 5.51. The summed E-state index contributed by atoms with van der Waals surface area (Å²) in [5.74, 6) is 1.16. The number of rotatable bonds is 4. The van der Waals surface area contributed by atoms with Gasteiger partial charge in [-0.05, 0) is 38.1 Å². The standard InChI is InChI=1S/C15H16N4O3/c1-10-6-7-12(22-10)11(2)16-14(20)9-19-15(21)18-8-4-3-5-13(18)17-19/h3-8,11H,9H2,1-2H3,(H,16,20)/t11-/m0/s1. The fourth-order valence-corrected chi connectivity index (χ4v) is 2.25. The van der Waals surface area contributed by atoms with Gasteiger partial charge in [-0.25, -0.2) is 9.48 Å². The van der Waals surface area contributed by atoms with E-state index < -0.39 is 0 Å². The number of furan rings is 1. The van der Waals surface area contributed by atoms with Gasteiger partial charge in [0, 0.05) is 6.20 Å². The van der Waals surface area contributed by atoms with Crippen molar-refractivity contribution in [2.24, 2.45) is 0 Å². The molecule has 0 spiro atoms. The highest BCUT2D eigenvalue weighted by molar-refractivity contribution is 5.76. The summed E-state index contributed by atoms with van der Waals surface area (Å²) in [5.41, 5.74) is 0.169. The molecular formula is C15H16N4O3. The molecule has 7 heteroatoms. The number of nitrogens with zero attached hydrogens (tertiary/aromatic N) is 3. The normalized spacial score (nSPS) is 12.5. The Morgan fingerprint density at radius 3 is 2.86 bits per heavy atom. The largest absolute Gasteiger partial charge is 0.464 e. The molecule has 7 nitrogen and oxygen atoms in total. The van der Waals surface area contributed by atoms with Crippen molar-refractivity contribution in [3.63, 3.8) is 0 Å². The van der Waals surface area contributed by atoms with Crippen LogP contribution in [0.1, 0.15) is 24.5 Å². The van der Waals surface area contributed by atoms with Crippen molar-refractivity contribution >= 4 is 11.6 Å². The Morgan fingerprint density at radius 1 is 1.36 bits per heavy atom. The first-order chi connectivity index (χ1) is 10.5. The zero-order valence-electron chi connectivity index (χ0n) is 12.3. The van der Waals surface area contributed by atoms with Gasteiger partial charge in [-0.15, -0.1) is 5.10 Å². The van der Waals surface area contributed by atoms with E-state index in [9.17, 15) is 9.59 Å². The Bertz CT molecular complexity index is 874. The Hall–Kier alpha value is -2.83. The first-order valence-corrected chi connectivity index (χ1v) is 6.94. The quantitative estimate of drug-likeness (QED) is 0.787. The van der Waals surface area contributed by atoms with Crippen molar-refractivity contribution in [1.29, 1.82) is 0 Å². The molecule has 0 fully saturated rings. The number of hydrogen-bond donors (Lipinski definition) is 1. The van der Waals surface area contributed by atoms with Gasteiger partial charge >= 0.3 is 5.69 Å². The summed E-state index contributed by atoms with van der Waals surface area (Å²) in [6, 6.07) is 8.62. The minimum Gasteiger partial charge on any atom is -0.464 e. The minimum atomic E-state index is -0.341. The van der Waals surface area contributed by atoms with Gasteiger partial charge in [0.2, 0.25) is 5.91 Å². The van der Waals surface area contributed by atoms with Gasteiger partial charge in [0.15, 0.2) is 5.65 Å². The fraction of sp³-hybridized carbons (Fsp3) is 0.267. The van der Waals surface area contributed by atoms with Gasteiger partial charge in [0.05, 0.1) is 6.04 Å². The lowest BCUT2D eigenvalue weighted by Gasteiger charge is -2.11. The van der Waals surface area contributed by atoms with Gasteiger partial charge in [0.25, 0.3) is 0 Å². The van der Waals surface area contributed by atoms with Gasteiger partial charge in [0.1, 0.15) is 18.1 Å². The molecule has 1 N–H and O–H groups in total. The van der Waals surface area contributed by atoms with Gasteiger partial charge in [-0.1, -0.05) is 6.07 Å². The highest BCUT2D eigenvalue weighted by atomic mass is 16.3. The SMILES string of the molecule is Cc1ccc([C@H](C)NC(=O)Cn2nc3ccccn3c2=O)o1. The molecule has 114 valence electrons. The van der Waals surface area contributed by atoms with E-state index in [4.69, 9.17) is 4.42 Å². The summed E-state index contributed by atoms with van der Waals surface area (Å²) in [5, 5.41) is 6.91. The van der Waals surface area contributed by atoms with E-state index in [-0.39, 0.29) is 24.2 Å². The summed E-state index contributed by atoms with van der Waals surface area (Å²) >= 11 is 0. The Balaban J connectivity index is 1.73. The molecule has 3 rings (SSSR count). The van der Waals surface area contributed by atoms with Crippen LogP contribution in [0.5, 0.6) is 0 Å². The Kier molecular flexibility index (Phi) is 3.54. The smallest absolute Gasteiger partial charge is 0.350 e. The molecule has 1 atom stereocenters. The highest BCUT2D eigenvalue weighted by Crippen LogP contribution is 2.15. The van der Waals surface area contributed by atoms with Crippen LogP contribution >= 0.6 is 0 Å². The van der Waals surface area contributed by atoms with Gasteiger partial charge in [-0.2, -0.15) is 0 Å². The molecule has 0 saturated heterocycles. The molecule has 0 radical (unpaired) electrons. The number of fused-ring (bicyclic) bond motifs is 1. The molecule has 0 aliphatic heterocycles. The lowest BCUT2D eigenvalue weighted by molar-refractivity contribution is -0.122. The number of carbonyl (C=O) groups is 1. The molecule has 3 aromatic rings. The molecular weight excluding hydrogens is 284 g/mol. The van der Waals surface area contributed by atoms with Crippen LogP contribution in [0, 0.1) is 6.92 Å². The Labute approximate surface area is 126 Å². The molecule has 0 bridgehead atoms. The molecule has 0 aliphatic rings. The van der Waals surface area contributed by atoms with E-state index in [0.29, 0.717) is 11.4 Å². The molecule has 3 heterocycles. The first-order valence-electron chi connectivity index (χ1n) is 6.94. The predicted molar refractivity (Wildman–Crippen MR) is 79.5 cm³/mol. The number of carbonyl (C=O) groups excluding carboxylic acids is 1. The van der Waals surface area contributed by atoms with Crippen LogP contribution in [-0.4, -0.2) is 20.1 Å². The van der Waals surface area contributed by atoms with Gasteiger partial charge < -0.3 is 9.73 Å². The third-order valence-corrected chi connectivity index (χ3v) is 3.35. The summed E-state index contributed by atoms with van der Waals surface area (Å²) in [4.78, 5) is 24.2. The minimum absolute atomic E-state index is 0.134. The molecule has 3 aromatic heterocycles. The molecule has 0 aliphatic carbocycles. The number of aromatic nitrogens is 3. The van der Waals surface area contributed by atoms with Crippen molar-refractivity contribution in [3.05, 3.63) is 58.5 Å². The van der Waals surface area contributed by atoms with Crippen LogP contribution in [0.4, 0.5) is 0 Å². The number of nitrogens with one attached hydrogen (secondary N) is 1. The van der Waals surface area contributed by atoms with Crippen LogP contribution in [0.25, 0.3) is 5.65 Å². The maximum absolute atomic E-state index is 12.1.